The fourth-order valence-electron chi connectivity index (χ4n) is 2.35. The third-order valence-electron chi connectivity index (χ3n) is 3.45. The minimum absolute atomic E-state index is 0.330. The molecule has 0 spiro atoms. The highest BCUT2D eigenvalue weighted by atomic mass is 15.3. The molecule has 0 bridgehead atoms. The summed E-state index contributed by atoms with van der Waals surface area (Å²) in [5.41, 5.74) is 4.72. The van der Waals surface area contributed by atoms with Crippen LogP contribution in [0, 0.1) is 20.8 Å². The molecule has 0 saturated carbocycles. The van der Waals surface area contributed by atoms with Gasteiger partial charge in [-0.15, -0.1) is 0 Å². The Bertz CT molecular complexity index is 572. The van der Waals surface area contributed by atoms with E-state index in [4.69, 9.17) is 0 Å². The Morgan fingerprint density at radius 2 is 2.00 bits per heavy atom. The first-order valence-electron chi connectivity index (χ1n) is 6.66. The van der Waals surface area contributed by atoms with Crippen LogP contribution in [0.15, 0.2) is 18.2 Å². The van der Waals surface area contributed by atoms with Crippen LogP contribution in [-0.4, -0.2) is 20.8 Å². The summed E-state index contributed by atoms with van der Waals surface area (Å²) in [4.78, 5) is 4.47. The van der Waals surface area contributed by atoms with Crippen molar-refractivity contribution in [3.05, 3.63) is 40.8 Å². The summed E-state index contributed by atoms with van der Waals surface area (Å²) >= 11 is 0. The van der Waals surface area contributed by atoms with Crippen molar-refractivity contribution in [2.24, 2.45) is 7.05 Å². The lowest BCUT2D eigenvalue weighted by Crippen LogP contribution is -2.19. The monoisotopic (exact) mass is 258 g/mol. The first-order valence-corrected chi connectivity index (χ1v) is 6.66. The molecule has 0 aliphatic carbocycles. The van der Waals surface area contributed by atoms with Crippen molar-refractivity contribution >= 4 is 5.82 Å². The number of aromatic nitrogens is 3. The third-order valence-corrected chi connectivity index (χ3v) is 3.45. The lowest BCUT2D eigenvalue weighted by atomic mass is 10.1. The van der Waals surface area contributed by atoms with Gasteiger partial charge in [0.05, 0.1) is 5.69 Å². The molecular formula is C15H22N4. The summed E-state index contributed by atoms with van der Waals surface area (Å²) < 4.78 is 1.95. The Hall–Kier alpha value is -1.84. The van der Waals surface area contributed by atoms with Crippen molar-refractivity contribution in [2.75, 3.05) is 5.32 Å². The summed E-state index contributed by atoms with van der Waals surface area (Å²) in [7, 11) is 1.99. The summed E-state index contributed by atoms with van der Waals surface area (Å²) in [6, 6.07) is 6.37. The Morgan fingerprint density at radius 1 is 1.26 bits per heavy atom. The molecule has 102 valence electrons. The zero-order chi connectivity index (χ0) is 14.0. The molecule has 4 nitrogen and oxygen atoms in total. The molecule has 0 aliphatic heterocycles. The van der Waals surface area contributed by atoms with Gasteiger partial charge in [-0.2, -0.15) is 5.10 Å². The summed E-state index contributed by atoms with van der Waals surface area (Å²) in [5.74, 6) is 0.937. The van der Waals surface area contributed by atoms with Crippen LogP contribution in [-0.2, 0) is 13.5 Å². The molecule has 4 heteroatoms. The number of aryl methyl sites for hydroxylation is 3. The summed E-state index contributed by atoms with van der Waals surface area (Å²) in [6.45, 7) is 8.37. The SMILES string of the molecule is Cc1cccc(N[C@H](C)Cc2c(C)nn(C)c2C)n1. The van der Waals surface area contributed by atoms with Crippen LogP contribution < -0.4 is 5.32 Å². The van der Waals surface area contributed by atoms with Crippen molar-refractivity contribution in [1.29, 1.82) is 0 Å². The van der Waals surface area contributed by atoms with Crippen molar-refractivity contribution in [3.8, 4) is 0 Å². The molecule has 0 aliphatic rings. The average molecular weight is 258 g/mol. The van der Waals surface area contributed by atoms with E-state index in [0.29, 0.717) is 6.04 Å². The Kier molecular flexibility index (Phi) is 3.88. The van der Waals surface area contributed by atoms with Crippen LogP contribution >= 0.6 is 0 Å². The molecule has 0 aromatic carbocycles. The van der Waals surface area contributed by atoms with Crippen LogP contribution in [0.1, 0.15) is 29.6 Å². The first-order chi connectivity index (χ1) is 8.97. The van der Waals surface area contributed by atoms with E-state index in [-0.39, 0.29) is 0 Å². The summed E-state index contributed by atoms with van der Waals surface area (Å²) in [6.07, 6.45) is 0.959. The van der Waals surface area contributed by atoms with Crippen LogP contribution in [0.25, 0.3) is 0 Å². The van der Waals surface area contributed by atoms with E-state index >= 15 is 0 Å². The Labute approximate surface area is 114 Å². The number of nitrogens with zero attached hydrogens (tertiary/aromatic N) is 3. The maximum Gasteiger partial charge on any atom is 0.126 e. The van der Waals surface area contributed by atoms with E-state index in [1.54, 1.807) is 0 Å². The van der Waals surface area contributed by atoms with E-state index < -0.39 is 0 Å². The van der Waals surface area contributed by atoms with Gasteiger partial charge in [-0.1, -0.05) is 6.07 Å². The van der Waals surface area contributed by atoms with Gasteiger partial charge >= 0.3 is 0 Å². The highest BCUT2D eigenvalue weighted by Crippen LogP contribution is 2.16. The van der Waals surface area contributed by atoms with Crippen LogP contribution in [0.5, 0.6) is 0 Å². The molecule has 0 saturated heterocycles. The van der Waals surface area contributed by atoms with Crippen molar-refractivity contribution in [1.82, 2.24) is 14.8 Å². The van der Waals surface area contributed by atoms with E-state index in [9.17, 15) is 0 Å². The molecule has 0 amide bonds. The normalized spacial score (nSPS) is 12.5. The van der Waals surface area contributed by atoms with Gasteiger partial charge in [0, 0.05) is 24.5 Å². The molecule has 2 aromatic heterocycles. The van der Waals surface area contributed by atoms with Crippen molar-refractivity contribution < 1.29 is 0 Å². The van der Waals surface area contributed by atoms with E-state index in [1.165, 1.54) is 11.3 Å². The molecule has 19 heavy (non-hydrogen) atoms. The molecule has 0 unspecified atom stereocenters. The van der Waals surface area contributed by atoms with E-state index in [0.717, 1.165) is 23.6 Å². The second kappa shape index (κ2) is 5.43. The molecule has 2 rings (SSSR count). The minimum atomic E-state index is 0.330. The van der Waals surface area contributed by atoms with Crippen molar-refractivity contribution in [3.63, 3.8) is 0 Å². The number of rotatable bonds is 4. The van der Waals surface area contributed by atoms with Gasteiger partial charge in [0.1, 0.15) is 5.82 Å². The standard InChI is InChI=1S/C15H22N4/c1-10-7-6-8-15(16-10)17-11(2)9-14-12(3)18-19(5)13(14)4/h6-8,11H,9H2,1-5H3,(H,16,17)/t11-/m1/s1. The highest BCUT2D eigenvalue weighted by molar-refractivity contribution is 5.37. The number of hydrogen-bond acceptors (Lipinski definition) is 3. The molecule has 1 N–H and O–H groups in total. The smallest absolute Gasteiger partial charge is 0.126 e. The third kappa shape index (κ3) is 3.13. The number of nitrogens with one attached hydrogen (secondary N) is 1. The topological polar surface area (TPSA) is 42.7 Å². The van der Waals surface area contributed by atoms with Gasteiger partial charge in [0.15, 0.2) is 0 Å². The van der Waals surface area contributed by atoms with Gasteiger partial charge in [0.25, 0.3) is 0 Å². The summed E-state index contributed by atoms with van der Waals surface area (Å²) in [5, 5.41) is 7.90. The molecule has 2 heterocycles. The minimum Gasteiger partial charge on any atom is -0.367 e. The fraction of sp³-hybridized carbons (Fsp3) is 0.467. The average Bonchev–Trinajstić information content (AvgIpc) is 2.56. The van der Waals surface area contributed by atoms with Gasteiger partial charge in [-0.3, -0.25) is 4.68 Å². The second-order valence-corrected chi connectivity index (χ2v) is 5.19. The first kappa shape index (κ1) is 13.6. The largest absolute Gasteiger partial charge is 0.367 e. The van der Waals surface area contributed by atoms with Crippen molar-refractivity contribution in [2.45, 2.75) is 40.2 Å². The maximum absolute atomic E-state index is 4.47. The lowest BCUT2D eigenvalue weighted by molar-refractivity contribution is 0.726. The zero-order valence-electron chi connectivity index (χ0n) is 12.4. The Morgan fingerprint density at radius 3 is 2.58 bits per heavy atom. The lowest BCUT2D eigenvalue weighted by Gasteiger charge is -2.15. The van der Waals surface area contributed by atoms with Crippen LogP contribution in [0.2, 0.25) is 0 Å². The predicted molar refractivity (Wildman–Crippen MR) is 78.4 cm³/mol. The van der Waals surface area contributed by atoms with Gasteiger partial charge in [-0.25, -0.2) is 4.98 Å². The number of hydrogen-bond donors (Lipinski definition) is 1. The van der Waals surface area contributed by atoms with Crippen LogP contribution in [0.4, 0.5) is 5.82 Å². The molecule has 0 fully saturated rings. The van der Waals surface area contributed by atoms with Gasteiger partial charge in [-0.05, 0) is 51.8 Å². The van der Waals surface area contributed by atoms with Gasteiger partial charge < -0.3 is 5.32 Å². The second-order valence-electron chi connectivity index (χ2n) is 5.19. The molecule has 2 aromatic rings. The number of anilines is 1. The van der Waals surface area contributed by atoms with Gasteiger partial charge in [0.2, 0.25) is 0 Å². The fourth-order valence-corrected chi connectivity index (χ4v) is 2.35. The maximum atomic E-state index is 4.47. The zero-order valence-corrected chi connectivity index (χ0v) is 12.4. The quantitative estimate of drug-likeness (QED) is 0.917. The van der Waals surface area contributed by atoms with Crippen LogP contribution in [0.3, 0.4) is 0 Å². The van der Waals surface area contributed by atoms with E-state index in [1.807, 2.05) is 36.9 Å². The highest BCUT2D eigenvalue weighted by Gasteiger charge is 2.13. The Balaban J connectivity index is 2.07. The predicted octanol–water partition coefficient (Wildman–Crippen LogP) is 2.78. The molecule has 1 atom stereocenters. The number of pyridine rings is 1. The molecule has 0 radical (unpaired) electrons. The molecular weight excluding hydrogens is 236 g/mol. The van der Waals surface area contributed by atoms with E-state index in [2.05, 4.69) is 36.2 Å².